The summed E-state index contributed by atoms with van der Waals surface area (Å²) in [6, 6.07) is 10.2. The molecule has 0 bridgehead atoms. The molecule has 0 amide bonds. The van der Waals surface area contributed by atoms with Gasteiger partial charge in [0.25, 0.3) is 0 Å². The Hall–Kier alpha value is -0.940. The topological polar surface area (TPSA) is 53.7 Å². The average Bonchev–Trinajstić information content (AvgIpc) is 2.87. The van der Waals surface area contributed by atoms with Gasteiger partial charge in [-0.25, -0.2) is 0 Å². The number of nitrogens with two attached hydrogens (primary N) is 1. The van der Waals surface area contributed by atoms with Crippen molar-refractivity contribution in [2.75, 3.05) is 6.61 Å². The Morgan fingerprint density at radius 2 is 1.82 bits per heavy atom. The smallest absolute Gasteiger partial charge is 0.163 e. The molecule has 1 aliphatic carbocycles. The highest BCUT2D eigenvalue weighted by Crippen LogP contribution is 2.48. The van der Waals surface area contributed by atoms with E-state index in [1.165, 1.54) is 5.56 Å². The van der Waals surface area contributed by atoms with Crippen LogP contribution in [0.4, 0.5) is 0 Å². The zero-order valence-electron chi connectivity index (χ0n) is 13.9. The number of benzene rings is 1. The third-order valence-corrected chi connectivity index (χ3v) is 5.21. The fourth-order valence-corrected chi connectivity index (χ4v) is 3.71. The summed E-state index contributed by atoms with van der Waals surface area (Å²) in [6.45, 7) is 9.41. The van der Waals surface area contributed by atoms with Crippen LogP contribution in [-0.2, 0) is 20.8 Å². The van der Waals surface area contributed by atoms with Gasteiger partial charge in [0.15, 0.2) is 5.79 Å². The van der Waals surface area contributed by atoms with Crippen LogP contribution in [0.5, 0.6) is 0 Å². The van der Waals surface area contributed by atoms with Crippen LogP contribution in [0.1, 0.15) is 33.3 Å². The van der Waals surface area contributed by atoms with Crippen LogP contribution in [-0.4, -0.2) is 30.1 Å². The van der Waals surface area contributed by atoms with Crippen LogP contribution in [0, 0.1) is 11.8 Å². The fraction of sp³-hybridized carbons (Fsp3) is 0.667. The highest BCUT2D eigenvalue weighted by atomic mass is 16.8. The second kappa shape index (κ2) is 5.60. The quantitative estimate of drug-likeness (QED) is 0.929. The van der Waals surface area contributed by atoms with Crippen molar-refractivity contribution in [2.24, 2.45) is 17.6 Å². The Balaban J connectivity index is 1.65. The van der Waals surface area contributed by atoms with Crippen molar-refractivity contribution in [2.45, 2.75) is 57.8 Å². The molecule has 5 atom stereocenters. The number of hydrogen-bond donors (Lipinski definition) is 1. The molecular formula is C18H27NO3. The molecule has 1 aliphatic heterocycles. The first-order chi connectivity index (χ1) is 10.3. The number of ether oxygens (including phenoxy) is 3. The summed E-state index contributed by atoms with van der Waals surface area (Å²) in [7, 11) is 0. The molecule has 2 N–H and O–H groups in total. The van der Waals surface area contributed by atoms with E-state index < -0.39 is 5.79 Å². The lowest BCUT2D eigenvalue weighted by Gasteiger charge is -2.33. The molecule has 22 heavy (non-hydrogen) atoms. The van der Waals surface area contributed by atoms with Crippen molar-refractivity contribution >= 4 is 0 Å². The van der Waals surface area contributed by atoms with Crippen LogP contribution >= 0.6 is 0 Å². The molecule has 2 fully saturated rings. The zero-order valence-corrected chi connectivity index (χ0v) is 13.9. The van der Waals surface area contributed by atoms with Crippen molar-refractivity contribution < 1.29 is 14.2 Å². The van der Waals surface area contributed by atoms with Crippen molar-refractivity contribution in [3.05, 3.63) is 35.9 Å². The van der Waals surface area contributed by atoms with E-state index in [1.807, 2.05) is 32.0 Å². The van der Waals surface area contributed by atoms with Crippen LogP contribution < -0.4 is 5.73 Å². The van der Waals surface area contributed by atoms with Gasteiger partial charge in [-0.1, -0.05) is 37.3 Å². The highest BCUT2D eigenvalue weighted by Gasteiger charge is 2.61. The Morgan fingerprint density at radius 1 is 1.14 bits per heavy atom. The van der Waals surface area contributed by atoms with E-state index in [2.05, 4.69) is 26.0 Å². The molecule has 1 heterocycles. The Kier molecular flexibility index (Phi) is 4.06. The lowest BCUT2D eigenvalue weighted by Crippen LogP contribution is -2.51. The first kappa shape index (κ1) is 15.9. The predicted molar refractivity (Wildman–Crippen MR) is 85.2 cm³/mol. The summed E-state index contributed by atoms with van der Waals surface area (Å²) in [5.41, 5.74) is 7.33. The molecule has 4 nitrogen and oxygen atoms in total. The van der Waals surface area contributed by atoms with E-state index in [0.29, 0.717) is 13.2 Å². The van der Waals surface area contributed by atoms with Gasteiger partial charge in [0.1, 0.15) is 6.10 Å². The molecule has 4 heteroatoms. The van der Waals surface area contributed by atoms with E-state index in [0.717, 1.165) is 0 Å². The van der Waals surface area contributed by atoms with Crippen LogP contribution in [0.3, 0.4) is 0 Å². The average molecular weight is 305 g/mol. The first-order valence-corrected chi connectivity index (χ1v) is 8.07. The molecule has 122 valence electrons. The Labute approximate surface area is 132 Å². The summed E-state index contributed by atoms with van der Waals surface area (Å²) in [5, 5.41) is 0. The maximum Gasteiger partial charge on any atom is 0.163 e. The predicted octanol–water partition coefficient (Wildman–Crippen LogP) is 2.71. The summed E-state index contributed by atoms with van der Waals surface area (Å²) >= 11 is 0. The zero-order chi connectivity index (χ0) is 16.0. The van der Waals surface area contributed by atoms with E-state index in [9.17, 15) is 0 Å². The third kappa shape index (κ3) is 2.81. The molecule has 0 spiro atoms. The summed E-state index contributed by atoms with van der Waals surface area (Å²) in [4.78, 5) is 0. The molecular weight excluding hydrogens is 278 g/mol. The van der Waals surface area contributed by atoms with Gasteiger partial charge in [0.05, 0.1) is 19.3 Å². The van der Waals surface area contributed by atoms with Gasteiger partial charge >= 0.3 is 0 Å². The fourth-order valence-electron chi connectivity index (χ4n) is 3.71. The summed E-state index contributed by atoms with van der Waals surface area (Å²) in [6.07, 6.45) is -0.0569. The van der Waals surface area contributed by atoms with Crippen molar-refractivity contribution in [3.8, 4) is 0 Å². The van der Waals surface area contributed by atoms with Gasteiger partial charge in [0.2, 0.25) is 0 Å². The van der Waals surface area contributed by atoms with Gasteiger partial charge < -0.3 is 19.9 Å². The molecule has 2 unspecified atom stereocenters. The maximum absolute atomic E-state index is 6.54. The van der Waals surface area contributed by atoms with E-state index in [1.54, 1.807) is 0 Å². The van der Waals surface area contributed by atoms with Crippen LogP contribution in [0.2, 0.25) is 0 Å². The van der Waals surface area contributed by atoms with Gasteiger partial charge in [-0.05, 0) is 32.3 Å². The first-order valence-electron chi connectivity index (χ1n) is 8.07. The van der Waals surface area contributed by atoms with Gasteiger partial charge in [-0.15, -0.1) is 0 Å². The minimum Gasteiger partial charge on any atom is -0.376 e. The van der Waals surface area contributed by atoms with Gasteiger partial charge in [0, 0.05) is 11.5 Å². The van der Waals surface area contributed by atoms with E-state index in [4.69, 9.17) is 19.9 Å². The molecule has 0 radical (unpaired) electrons. The normalized spacial score (nSPS) is 39.9. The minimum absolute atomic E-state index is 0.00998. The van der Waals surface area contributed by atoms with E-state index >= 15 is 0 Å². The van der Waals surface area contributed by atoms with Gasteiger partial charge in [-0.3, -0.25) is 0 Å². The number of hydrogen-bond acceptors (Lipinski definition) is 4. The van der Waals surface area contributed by atoms with Crippen molar-refractivity contribution in [3.63, 3.8) is 0 Å². The summed E-state index contributed by atoms with van der Waals surface area (Å²) < 4.78 is 18.1. The van der Waals surface area contributed by atoms with Crippen molar-refractivity contribution in [1.29, 1.82) is 0 Å². The molecule has 1 saturated carbocycles. The third-order valence-electron chi connectivity index (χ3n) is 5.21. The maximum atomic E-state index is 6.54. The Bertz CT molecular complexity index is 514. The highest BCUT2D eigenvalue weighted by molar-refractivity contribution is 5.14. The van der Waals surface area contributed by atoms with E-state index in [-0.39, 0.29) is 29.6 Å². The lowest BCUT2D eigenvalue weighted by atomic mass is 9.86. The lowest BCUT2D eigenvalue weighted by molar-refractivity contribution is -0.170. The standard InChI is InChI=1S/C18H27NO3/c1-12-14(11-20-10-13-8-6-5-7-9-13)15-16(18(12,4)19)22-17(2,3)21-15/h5-9,12,14-16H,10-11,19H2,1-4H3/t12-,14?,15+,16+,18?/m0/s1. The second-order valence-corrected chi connectivity index (χ2v) is 7.34. The Morgan fingerprint density at radius 3 is 2.50 bits per heavy atom. The molecule has 3 rings (SSSR count). The molecule has 1 saturated heterocycles. The summed E-state index contributed by atoms with van der Waals surface area (Å²) in [5.74, 6) is -0.0202. The second-order valence-electron chi connectivity index (χ2n) is 7.34. The molecule has 0 aromatic heterocycles. The van der Waals surface area contributed by atoms with Gasteiger partial charge in [-0.2, -0.15) is 0 Å². The van der Waals surface area contributed by atoms with Crippen molar-refractivity contribution in [1.82, 2.24) is 0 Å². The minimum atomic E-state index is -0.562. The SMILES string of the molecule is C[C@H]1C(COCc2ccccc2)[C@H]2OC(C)(C)O[C@H]2C1(C)N. The van der Waals surface area contributed by atoms with Crippen LogP contribution in [0.15, 0.2) is 30.3 Å². The number of fused-ring (bicyclic) bond motifs is 1. The molecule has 1 aromatic rings. The van der Waals surface area contributed by atoms with Crippen LogP contribution in [0.25, 0.3) is 0 Å². The largest absolute Gasteiger partial charge is 0.376 e. The number of rotatable bonds is 4. The molecule has 1 aromatic carbocycles. The molecule has 2 aliphatic rings. The monoisotopic (exact) mass is 305 g/mol.